The highest BCUT2D eigenvalue weighted by atomic mass is 14.8. The summed E-state index contributed by atoms with van der Waals surface area (Å²) in [5, 5.41) is 0. The van der Waals surface area contributed by atoms with E-state index >= 15 is 0 Å². The summed E-state index contributed by atoms with van der Waals surface area (Å²) < 4.78 is 0. The molecule has 1 heterocycles. The maximum atomic E-state index is 3.40. The molecule has 1 atom stereocenters. The average Bonchev–Trinajstić information content (AvgIpc) is 1.64. The second kappa shape index (κ2) is 2.29. The predicted molar refractivity (Wildman–Crippen MR) is 35.0 cm³/mol. The summed E-state index contributed by atoms with van der Waals surface area (Å²) in [7, 11) is 0. The van der Waals surface area contributed by atoms with Crippen LogP contribution in [0.1, 0.15) is 33.1 Å². The lowest BCUT2D eigenvalue weighted by atomic mass is 10.1. The molecule has 1 N–H and O–H groups in total. The number of hydrogen-bond donors (Lipinski definition) is 1. The van der Waals surface area contributed by atoms with Crippen LogP contribution in [-0.2, 0) is 0 Å². The van der Waals surface area contributed by atoms with Crippen molar-refractivity contribution in [3.05, 3.63) is 0 Å². The van der Waals surface area contributed by atoms with Gasteiger partial charge in [0, 0.05) is 19.8 Å². The van der Waals surface area contributed by atoms with Crippen LogP contribution in [-0.4, -0.2) is 11.8 Å². The van der Waals surface area contributed by atoms with Gasteiger partial charge in [-0.05, 0) is 13.3 Å². The van der Waals surface area contributed by atoms with E-state index in [2.05, 4.69) is 18.8 Å². The van der Waals surface area contributed by atoms with Crippen LogP contribution in [0.15, 0.2) is 0 Å². The Labute approximate surface area is 50.8 Å². The average molecular weight is 112 g/mol. The number of rotatable bonds is 0. The van der Waals surface area contributed by atoms with Crippen molar-refractivity contribution in [1.29, 1.82) is 0 Å². The molecule has 0 amide bonds. The molecule has 1 aliphatic rings. The van der Waals surface area contributed by atoms with Gasteiger partial charge >= 0.3 is 0 Å². The topological polar surface area (TPSA) is 14.0 Å². The molecule has 1 nitrogen and oxygen atoms in total. The molecule has 8 heavy (non-hydrogen) atoms. The first-order valence-corrected chi connectivity index (χ1v) is 3.38. The van der Waals surface area contributed by atoms with Crippen LogP contribution in [0.2, 0.25) is 0 Å². The Kier molecular flexibility index (Phi) is 1.66. The van der Waals surface area contributed by atoms with Gasteiger partial charge in [-0.25, -0.2) is 4.99 Å². The van der Waals surface area contributed by atoms with Crippen molar-refractivity contribution in [3.8, 4) is 0 Å². The molecule has 1 rings (SSSR count). The second-order valence-electron chi connectivity index (χ2n) is 2.72. The van der Waals surface area contributed by atoms with Crippen LogP contribution >= 0.6 is 0 Å². The van der Waals surface area contributed by atoms with Gasteiger partial charge in [0.05, 0.1) is 0 Å². The zero-order valence-electron chi connectivity index (χ0n) is 5.70. The third-order valence-corrected chi connectivity index (χ3v) is 1.68. The van der Waals surface area contributed by atoms with E-state index in [-0.39, 0.29) is 0 Å². The molecule has 0 unspecified atom stereocenters. The highest BCUT2D eigenvalue weighted by Crippen LogP contribution is 1.99. The largest absolute Gasteiger partial charge is 0.247 e. The lowest BCUT2D eigenvalue weighted by Gasteiger charge is -2.06. The molecule has 0 bridgehead atoms. The van der Waals surface area contributed by atoms with Gasteiger partial charge in [-0.15, -0.1) is 0 Å². The summed E-state index contributed by atoms with van der Waals surface area (Å²) in [5.74, 6) is 0. The van der Waals surface area contributed by atoms with Crippen LogP contribution in [0, 0.1) is 0 Å². The van der Waals surface area contributed by atoms with E-state index in [1.54, 1.807) is 0 Å². The molecular formula is C7H14N+. The normalized spacial score (nSPS) is 29.8. The molecule has 0 aliphatic carbocycles. The van der Waals surface area contributed by atoms with Gasteiger partial charge < -0.3 is 0 Å². The van der Waals surface area contributed by atoms with Crippen molar-refractivity contribution in [1.82, 2.24) is 0 Å². The SMILES string of the molecule is CC1=[NH+][C@@H](C)CCC1. The third-order valence-electron chi connectivity index (χ3n) is 1.68. The molecule has 0 aromatic heterocycles. The first-order chi connectivity index (χ1) is 3.79. The molecule has 0 saturated heterocycles. The van der Waals surface area contributed by atoms with Gasteiger partial charge in [-0.2, -0.15) is 0 Å². The monoisotopic (exact) mass is 112 g/mol. The second-order valence-corrected chi connectivity index (χ2v) is 2.72. The minimum absolute atomic E-state index is 0.726. The van der Waals surface area contributed by atoms with E-state index in [1.165, 1.54) is 25.0 Å². The minimum Gasteiger partial charge on any atom is -0.247 e. The van der Waals surface area contributed by atoms with Gasteiger partial charge in [0.1, 0.15) is 11.8 Å². The van der Waals surface area contributed by atoms with Crippen LogP contribution < -0.4 is 4.99 Å². The zero-order chi connectivity index (χ0) is 5.98. The molecule has 46 valence electrons. The van der Waals surface area contributed by atoms with E-state index in [0.29, 0.717) is 0 Å². The quantitative estimate of drug-likeness (QED) is 0.457. The van der Waals surface area contributed by atoms with Crippen molar-refractivity contribution < 1.29 is 4.99 Å². The molecule has 1 heteroatoms. The Bertz CT molecular complexity index is 105. The molecular weight excluding hydrogens is 98.1 g/mol. The van der Waals surface area contributed by atoms with Gasteiger partial charge in [-0.1, -0.05) is 0 Å². The van der Waals surface area contributed by atoms with Gasteiger partial charge in [0.2, 0.25) is 0 Å². The summed E-state index contributed by atoms with van der Waals surface area (Å²) >= 11 is 0. The fraction of sp³-hybridized carbons (Fsp3) is 0.857. The highest BCUT2D eigenvalue weighted by molar-refractivity contribution is 5.76. The van der Waals surface area contributed by atoms with Gasteiger partial charge in [-0.3, -0.25) is 0 Å². The number of hydrogen-bond acceptors (Lipinski definition) is 0. The summed E-state index contributed by atoms with van der Waals surface area (Å²) in [5.41, 5.74) is 1.46. The number of nitrogens with one attached hydrogen (secondary N) is 1. The smallest absolute Gasteiger partial charge is 0.147 e. The lowest BCUT2D eigenvalue weighted by Crippen LogP contribution is -2.79. The third kappa shape index (κ3) is 1.32. The molecule has 0 radical (unpaired) electrons. The van der Waals surface area contributed by atoms with Crippen molar-refractivity contribution in [2.75, 3.05) is 0 Å². The Balaban J connectivity index is 2.50. The molecule has 0 aromatic rings. The molecule has 0 aromatic carbocycles. The predicted octanol–water partition coefficient (Wildman–Crippen LogP) is 0.100. The lowest BCUT2D eigenvalue weighted by molar-refractivity contribution is -0.505. The fourth-order valence-electron chi connectivity index (χ4n) is 1.24. The Morgan fingerprint density at radius 1 is 1.62 bits per heavy atom. The molecule has 0 fully saturated rings. The zero-order valence-corrected chi connectivity index (χ0v) is 5.70. The maximum Gasteiger partial charge on any atom is 0.147 e. The van der Waals surface area contributed by atoms with Gasteiger partial charge in [0.15, 0.2) is 0 Å². The summed E-state index contributed by atoms with van der Waals surface area (Å²) in [6.45, 7) is 4.42. The van der Waals surface area contributed by atoms with E-state index in [9.17, 15) is 0 Å². The van der Waals surface area contributed by atoms with Crippen molar-refractivity contribution in [2.24, 2.45) is 0 Å². The molecule has 1 aliphatic heterocycles. The summed E-state index contributed by atoms with van der Waals surface area (Å²) in [4.78, 5) is 3.40. The Morgan fingerprint density at radius 3 is 2.75 bits per heavy atom. The Hall–Kier alpha value is -0.330. The van der Waals surface area contributed by atoms with Crippen molar-refractivity contribution in [3.63, 3.8) is 0 Å². The minimum atomic E-state index is 0.726. The summed E-state index contributed by atoms with van der Waals surface area (Å²) in [6, 6.07) is 0.726. The van der Waals surface area contributed by atoms with Crippen LogP contribution in [0.5, 0.6) is 0 Å². The van der Waals surface area contributed by atoms with E-state index < -0.39 is 0 Å². The standard InChI is InChI=1S/C7H13N/c1-6-4-3-5-7(2)8-6/h6H,3-5H2,1-2H3/p+1/t6-/m0/s1. The van der Waals surface area contributed by atoms with Crippen molar-refractivity contribution >= 4 is 5.71 Å². The maximum absolute atomic E-state index is 3.40. The highest BCUT2D eigenvalue weighted by Gasteiger charge is 2.12. The summed E-state index contributed by atoms with van der Waals surface area (Å²) in [6.07, 6.45) is 4.00. The molecule has 0 saturated carbocycles. The van der Waals surface area contributed by atoms with E-state index in [1.807, 2.05) is 0 Å². The Morgan fingerprint density at radius 2 is 2.38 bits per heavy atom. The fourth-order valence-corrected chi connectivity index (χ4v) is 1.24. The van der Waals surface area contributed by atoms with E-state index in [4.69, 9.17) is 0 Å². The van der Waals surface area contributed by atoms with Crippen LogP contribution in [0.3, 0.4) is 0 Å². The van der Waals surface area contributed by atoms with E-state index in [0.717, 1.165) is 6.04 Å². The first-order valence-electron chi connectivity index (χ1n) is 3.38. The van der Waals surface area contributed by atoms with Crippen LogP contribution in [0.25, 0.3) is 0 Å². The van der Waals surface area contributed by atoms with Gasteiger partial charge in [0.25, 0.3) is 0 Å². The van der Waals surface area contributed by atoms with Crippen molar-refractivity contribution in [2.45, 2.75) is 39.2 Å². The van der Waals surface area contributed by atoms with Crippen LogP contribution in [0.4, 0.5) is 0 Å². The molecule has 0 spiro atoms. The first kappa shape index (κ1) is 5.80.